The number of sulfonamides is 1. The SMILES string of the molecule is O=C(CN=C1NS(=O)(=O)c2ccccc21)Nc1ccccc1OCC1CCCCO1. The minimum atomic E-state index is -3.63. The number of amidine groups is 1. The van der Waals surface area contributed by atoms with Crippen molar-refractivity contribution in [3.05, 3.63) is 54.1 Å². The molecule has 1 amide bonds. The lowest BCUT2D eigenvalue weighted by Gasteiger charge is -2.23. The fraction of sp³-hybridized carbons (Fsp3) is 0.333. The number of anilines is 1. The molecule has 4 rings (SSSR count). The molecule has 2 aromatic carbocycles. The number of hydrogen-bond acceptors (Lipinski definition) is 6. The van der Waals surface area contributed by atoms with Crippen LogP contribution in [0.25, 0.3) is 0 Å². The summed E-state index contributed by atoms with van der Waals surface area (Å²) in [6.07, 6.45) is 3.22. The molecule has 0 bridgehead atoms. The standard InChI is InChI=1S/C21H23N3O5S/c25-20(13-22-21-16-8-1-4-11-19(16)30(26,27)24-21)23-17-9-2-3-10-18(17)29-14-15-7-5-6-12-28-15/h1-4,8-11,15H,5-7,12-14H2,(H,22,24)(H,23,25). The van der Waals surface area contributed by atoms with Gasteiger partial charge >= 0.3 is 0 Å². The molecule has 2 N–H and O–H groups in total. The summed E-state index contributed by atoms with van der Waals surface area (Å²) in [5, 5.41) is 2.78. The molecule has 0 saturated carbocycles. The molecule has 9 heteroatoms. The van der Waals surface area contributed by atoms with Crippen LogP contribution in [0.2, 0.25) is 0 Å². The summed E-state index contributed by atoms with van der Waals surface area (Å²) in [6.45, 7) is 0.944. The average molecular weight is 429 g/mol. The van der Waals surface area contributed by atoms with Gasteiger partial charge in [-0.3, -0.25) is 14.5 Å². The van der Waals surface area contributed by atoms with Gasteiger partial charge in [0, 0.05) is 12.2 Å². The Morgan fingerprint density at radius 1 is 1.17 bits per heavy atom. The van der Waals surface area contributed by atoms with Gasteiger partial charge in [-0.1, -0.05) is 24.3 Å². The minimum absolute atomic E-state index is 0.0596. The first-order valence-corrected chi connectivity index (χ1v) is 11.3. The number of fused-ring (bicyclic) bond motifs is 1. The number of hydrogen-bond donors (Lipinski definition) is 2. The second kappa shape index (κ2) is 8.85. The first kappa shape index (κ1) is 20.4. The summed E-state index contributed by atoms with van der Waals surface area (Å²) in [6, 6.07) is 13.7. The predicted octanol–water partition coefficient (Wildman–Crippen LogP) is 2.31. The molecule has 2 aliphatic rings. The molecular formula is C21H23N3O5S. The van der Waals surface area contributed by atoms with Crippen LogP contribution in [0.3, 0.4) is 0 Å². The number of carbonyl (C=O) groups is 1. The maximum atomic E-state index is 12.4. The van der Waals surface area contributed by atoms with Crippen molar-refractivity contribution in [2.24, 2.45) is 4.99 Å². The minimum Gasteiger partial charge on any atom is -0.489 e. The van der Waals surface area contributed by atoms with Crippen LogP contribution in [0.5, 0.6) is 5.75 Å². The van der Waals surface area contributed by atoms with Crippen molar-refractivity contribution in [1.82, 2.24) is 4.72 Å². The van der Waals surface area contributed by atoms with E-state index >= 15 is 0 Å². The first-order valence-electron chi connectivity index (χ1n) is 9.83. The van der Waals surface area contributed by atoms with E-state index in [0.29, 0.717) is 23.6 Å². The Labute approximate surface area is 175 Å². The van der Waals surface area contributed by atoms with Gasteiger partial charge in [-0.2, -0.15) is 0 Å². The van der Waals surface area contributed by atoms with E-state index in [1.165, 1.54) is 6.07 Å². The highest BCUT2D eigenvalue weighted by Crippen LogP contribution is 2.25. The molecule has 0 spiro atoms. The van der Waals surface area contributed by atoms with E-state index in [-0.39, 0.29) is 29.3 Å². The molecule has 2 aromatic rings. The molecule has 0 aliphatic carbocycles. The summed E-state index contributed by atoms with van der Waals surface area (Å²) < 4.78 is 38.2. The van der Waals surface area contributed by atoms with Gasteiger partial charge in [0.15, 0.2) is 0 Å². The van der Waals surface area contributed by atoms with Crippen molar-refractivity contribution in [2.45, 2.75) is 30.3 Å². The lowest BCUT2D eigenvalue weighted by atomic mass is 10.1. The van der Waals surface area contributed by atoms with Crippen molar-refractivity contribution in [3.8, 4) is 5.75 Å². The second-order valence-corrected chi connectivity index (χ2v) is 8.76. The number of amides is 1. The summed E-state index contributed by atoms with van der Waals surface area (Å²) >= 11 is 0. The van der Waals surface area contributed by atoms with E-state index < -0.39 is 10.0 Å². The van der Waals surface area contributed by atoms with E-state index in [0.717, 1.165) is 25.9 Å². The maximum Gasteiger partial charge on any atom is 0.263 e. The summed E-state index contributed by atoms with van der Waals surface area (Å²) in [5.74, 6) is 0.343. The molecule has 1 atom stereocenters. The van der Waals surface area contributed by atoms with Crippen molar-refractivity contribution in [3.63, 3.8) is 0 Å². The van der Waals surface area contributed by atoms with Crippen molar-refractivity contribution in [1.29, 1.82) is 0 Å². The van der Waals surface area contributed by atoms with Crippen LogP contribution in [0.15, 0.2) is 58.4 Å². The molecule has 1 fully saturated rings. The fourth-order valence-electron chi connectivity index (χ4n) is 3.41. The molecule has 2 aliphatic heterocycles. The lowest BCUT2D eigenvalue weighted by molar-refractivity contribution is -0.114. The molecule has 0 radical (unpaired) electrons. The van der Waals surface area contributed by atoms with Gasteiger partial charge in [0.05, 0.1) is 16.7 Å². The number of benzene rings is 2. The Morgan fingerprint density at radius 2 is 1.97 bits per heavy atom. The van der Waals surface area contributed by atoms with Gasteiger partial charge in [-0.15, -0.1) is 0 Å². The van der Waals surface area contributed by atoms with Crippen molar-refractivity contribution < 1.29 is 22.7 Å². The predicted molar refractivity (Wildman–Crippen MR) is 112 cm³/mol. The van der Waals surface area contributed by atoms with Crippen LogP contribution in [-0.4, -0.2) is 46.0 Å². The number of carbonyl (C=O) groups excluding carboxylic acids is 1. The molecule has 2 heterocycles. The summed E-state index contributed by atoms with van der Waals surface area (Å²) in [7, 11) is -3.63. The summed E-state index contributed by atoms with van der Waals surface area (Å²) in [4.78, 5) is 16.7. The van der Waals surface area contributed by atoms with Gasteiger partial charge < -0.3 is 14.8 Å². The molecule has 8 nitrogen and oxygen atoms in total. The third-order valence-electron chi connectivity index (χ3n) is 4.90. The van der Waals surface area contributed by atoms with Crippen LogP contribution >= 0.6 is 0 Å². The molecular weight excluding hydrogens is 406 g/mol. The lowest BCUT2D eigenvalue weighted by Crippen LogP contribution is -2.26. The number of nitrogens with one attached hydrogen (secondary N) is 2. The topological polar surface area (TPSA) is 106 Å². The van der Waals surface area contributed by atoms with Crippen LogP contribution in [0.4, 0.5) is 5.69 Å². The van der Waals surface area contributed by atoms with Crippen molar-refractivity contribution in [2.75, 3.05) is 25.1 Å². The smallest absolute Gasteiger partial charge is 0.263 e. The Hall–Kier alpha value is -2.91. The van der Waals surface area contributed by atoms with E-state index in [4.69, 9.17) is 9.47 Å². The number of nitrogens with zero attached hydrogens (tertiary/aromatic N) is 1. The monoisotopic (exact) mass is 429 g/mol. The number of para-hydroxylation sites is 2. The quantitative estimate of drug-likeness (QED) is 0.733. The molecule has 158 valence electrons. The van der Waals surface area contributed by atoms with Gasteiger partial charge in [0.1, 0.15) is 24.7 Å². The van der Waals surface area contributed by atoms with Crippen LogP contribution < -0.4 is 14.8 Å². The van der Waals surface area contributed by atoms with Gasteiger partial charge in [0.25, 0.3) is 10.0 Å². The van der Waals surface area contributed by atoms with Crippen LogP contribution in [-0.2, 0) is 19.6 Å². The number of ether oxygens (including phenoxy) is 2. The zero-order valence-electron chi connectivity index (χ0n) is 16.3. The molecule has 0 aromatic heterocycles. The van der Waals surface area contributed by atoms with Gasteiger partial charge in [0.2, 0.25) is 5.91 Å². The molecule has 1 unspecified atom stereocenters. The normalized spacial score (nSPS) is 20.9. The largest absolute Gasteiger partial charge is 0.489 e. The third kappa shape index (κ3) is 4.63. The Bertz CT molecular complexity index is 1060. The average Bonchev–Trinajstić information content (AvgIpc) is 3.03. The van der Waals surface area contributed by atoms with Crippen molar-refractivity contribution >= 4 is 27.5 Å². The highest BCUT2D eigenvalue weighted by Gasteiger charge is 2.30. The van der Waals surface area contributed by atoms with Crippen LogP contribution in [0, 0.1) is 0 Å². The summed E-state index contributed by atoms with van der Waals surface area (Å²) in [5.41, 5.74) is 0.993. The zero-order valence-corrected chi connectivity index (χ0v) is 17.2. The maximum absolute atomic E-state index is 12.4. The Balaban J connectivity index is 1.40. The first-order chi connectivity index (χ1) is 14.5. The van der Waals surface area contributed by atoms with Crippen LogP contribution in [0.1, 0.15) is 24.8 Å². The molecule has 30 heavy (non-hydrogen) atoms. The highest BCUT2D eigenvalue weighted by molar-refractivity contribution is 7.90. The highest BCUT2D eigenvalue weighted by atomic mass is 32.2. The van der Waals surface area contributed by atoms with E-state index in [1.54, 1.807) is 36.4 Å². The van der Waals surface area contributed by atoms with E-state index in [1.807, 2.05) is 6.07 Å². The van der Waals surface area contributed by atoms with Gasteiger partial charge in [-0.25, -0.2) is 8.42 Å². The van der Waals surface area contributed by atoms with E-state index in [9.17, 15) is 13.2 Å². The second-order valence-electron chi connectivity index (χ2n) is 7.11. The van der Waals surface area contributed by atoms with E-state index in [2.05, 4.69) is 15.0 Å². The fourth-order valence-corrected chi connectivity index (χ4v) is 4.66. The number of aliphatic imine (C=N–C) groups is 1. The Morgan fingerprint density at radius 3 is 2.80 bits per heavy atom. The number of rotatable bonds is 6. The third-order valence-corrected chi connectivity index (χ3v) is 6.30. The van der Waals surface area contributed by atoms with Gasteiger partial charge in [-0.05, 0) is 43.5 Å². The molecule has 1 saturated heterocycles. The Kier molecular flexibility index (Phi) is 6.01. The zero-order chi connectivity index (χ0) is 21.0.